The molecule has 0 aliphatic carbocycles. The Morgan fingerprint density at radius 1 is 1.10 bits per heavy atom. The van der Waals surface area contributed by atoms with Crippen molar-refractivity contribution in [3.8, 4) is 0 Å². The molecule has 2 nitrogen and oxygen atoms in total. The van der Waals surface area contributed by atoms with E-state index in [1.54, 1.807) is 12.1 Å². The van der Waals surface area contributed by atoms with E-state index in [1.807, 2.05) is 24.3 Å². The number of aryl methyl sites for hydroxylation is 1. The highest BCUT2D eigenvalue weighted by atomic mass is 19.1. The number of benzene rings is 2. The molecule has 0 heterocycles. The summed E-state index contributed by atoms with van der Waals surface area (Å²) in [5, 5.41) is 2.70. The van der Waals surface area contributed by atoms with Gasteiger partial charge in [-0.2, -0.15) is 0 Å². The molecule has 0 radical (unpaired) electrons. The van der Waals surface area contributed by atoms with Gasteiger partial charge in [-0.3, -0.25) is 4.79 Å². The minimum atomic E-state index is -0.510. The number of hydrogen-bond acceptors (Lipinski definition) is 1. The molecular weight excluding hydrogens is 253 g/mol. The molecule has 2 aromatic rings. The zero-order valence-electron chi connectivity index (χ0n) is 11.5. The summed E-state index contributed by atoms with van der Waals surface area (Å²) < 4.78 is 13.5. The molecule has 0 atom stereocenters. The Labute approximate surface area is 118 Å². The number of amides is 1. The second kappa shape index (κ2) is 6.85. The Bertz CT molecular complexity index is 578. The van der Waals surface area contributed by atoms with Crippen LogP contribution in [0.4, 0.5) is 10.1 Å². The van der Waals surface area contributed by atoms with Gasteiger partial charge in [0, 0.05) is 5.69 Å². The Morgan fingerprint density at radius 2 is 1.80 bits per heavy atom. The maximum absolute atomic E-state index is 13.5. The van der Waals surface area contributed by atoms with Gasteiger partial charge in [-0.25, -0.2) is 4.39 Å². The monoisotopic (exact) mass is 271 g/mol. The summed E-state index contributed by atoms with van der Waals surface area (Å²) in [4.78, 5) is 11.9. The third-order valence-corrected chi connectivity index (χ3v) is 3.15. The summed E-state index contributed by atoms with van der Waals surface area (Å²) >= 11 is 0. The number of unbranched alkanes of at least 4 members (excludes halogenated alkanes) is 1. The highest BCUT2D eigenvalue weighted by molar-refractivity contribution is 6.04. The zero-order chi connectivity index (χ0) is 14.4. The smallest absolute Gasteiger partial charge is 0.258 e. The lowest BCUT2D eigenvalue weighted by Gasteiger charge is -2.07. The second-order valence-corrected chi connectivity index (χ2v) is 4.73. The van der Waals surface area contributed by atoms with Gasteiger partial charge in [0.05, 0.1) is 5.56 Å². The molecule has 104 valence electrons. The van der Waals surface area contributed by atoms with E-state index in [0.29, 0.717) is 5.69 Å². The van der Waals surface area contributed by atoms with E-state index in [-0.39, 0.29) is 5.56 Å². The van der Waals surface area contributed by atoms with Gasteiger partial charge in [-0.15, -0.1) is 0 Å². The first-order valence-corrected chi connectivity index (χ1v) is 6.85. The number of anilines is 1. The topological polar surface area (TPSA) is 29.1 Å². The van der Waals surface area contributed by atoms with E-state index >= 15 is 0 Å². The molecule has 1 N–H and O–H groups in total. The summed E-state index contributed by atoms with van der Waals surface area (Å²) in [7, 11) is 0. The van der Waals surface area contributed by atoms with Crippen LogP contribution in [0.5, 0.6) is 0 Å². The maximum Gasteiger partial charge on any atom is 0.258 e. The molecule has 3 heteroatoms. The van der Waals surface area contributed by atoms with Gasteiger partial charge in [0.1, 0.15) is 5.82 Å². The molecule has 20 heavy (non-hydrogen) atoms. The van der Waals surface area contributed by atoms with Crippen molar-refractivity contribution in [3.05, 3.63) is 65.5 Å². The molecule has 1 amide bonds. The van der Waals surface area contributed by atoms with E-state index in [2.05, 4.69) is 12.2 Å². The number of carbonyl (C=O) groups excluding carboxylic acids is 1. The Hall–Kier alpha value is -2.16. The Balaban J connectivity index is 2.03. The number of nitrogens with one attached hydrogen (secondary N) is 1. The Morgan fingerprint density at radius 3 is 2.45 bits per heavy atom. The van der Waals surface area contributed by atoms with E-state index in [0.717, 1.165) is 19.3 Å². The standard InChI is InChI=1S/C17H18FNO/c1-2-3-6-13-9-11-14(12-10-13)19-17(20)15-7-4-5-8-16(15)18/h4-5,7-12H,2-3,6H2,1H3,(H,19,20). The van der Waals surface area contributed by atoms with Gasteiger partial charge in [-0.05, 0) is 42.7 Å². The summed E-state index contributed by atoms with van der Waals surface area (Å²) in [6.45, 7) is 2.16. The quantitative estimate of drug-likeness (QED) is 0.856. The molecule has 0 spiro atoms. The van der Waals surface area contributed by atoms with Crippen molar-refractivity contribution in [2.45, 2.75) is 26.2 Å². The molecule has 0 aliphatic rings. The van der Waals surface area contributed by atoms with Crippen LogP contribution >= 0.6 is 0 Å². The molecule has 0 unspecified atom stereocenters. The fourth-order valence-electron chi connectivity index (χ4n) is 1.98. The molecule has 0 saturated heterocycles. The lowest BCUT2D eigenvalue weighted by Crippen LogP contribution is -2.13. The van der Waals surface area contributed by atoms with Gasteiger partial charge < -0.3 is 5.32 Å². The van der Waals surface area contributed by atoms with Crippen LogP contribution in [0.1, 0.15) is 35.7 Å². The predicted molar refractivity (Wildman–Crippen MR) is 79.4 cm³/mol. The second-order valence-electron chi connectivity index (χ2n) is 4.73. The third kappa shape index (κ3) is 3.67. The number of hydrogen-bond donors (Lipinski definition) is 1. The van der Waals surface area contributed by atoms with Gasteiger partial charge in [0.25, 0.3) is 5.91 Å². The van der Waals surface area contributed by atoms with Crippen LogP contribution in [0.2, 0.25) is 0 Å². The van der Waals surface area contributed by atoms with Crippen LogP contribution in [0.3, 0.4) is 0 Å². The number of rotatable bonds is 5. The average molecular weight is 271 g/mol. The van der Waals surface area contributed by atoms with Crippen molar-refractivity contribution in [2.24, 2.45) is 0 Å². The SMILES string of the molecule is CCCCc1ccc(NC(=O)c2ccccc2F)cc1. The van der Waals surface area contributed by atoms with Crippen LogP contribution in [0.15, 0.2) is 48.5 Å². The molecule has 0 bridgehead atoms. The first-order chi connectivity index (χ1) is 9.70. The molecule has 0 aromatic heterocycles. The van der Waals surface area contributed by atoms with Gasteiger partial charge in [0.2, 0.25) is 0 Å². The molecule has 2 rings (SSSR count). The summed E-state index contributed by atoms with van der Waals surface area (Å²) in [5.74, 6) is -0.936. The predicted octanol–water partition coefficient (Wildman–Crippen LogP) is 4.42. The minimum absolute atomic E-state index is 0.0579. The van der Waals surface area contributed by atoms with Crippen molar-refractivity contribution in [1.82, 2.24) is 0 Å². The van der Waals surface area contributed by atoms with E-state index in [1.165, 1.54) is 17.7 Å². The first-order valence-electron chi connectivity index (χ1n) is 6.85. The summed E-state index contributed by atoms with van der Waals surface area (Å²) in [6.07, 6.45) is 3.35. The van der Waals surface area contributed by atoms with Crippen molar-refractivity contribution in [3.63, 3.8) is 0 Å². The highest BCUT2D eigenvalue weighted by Gasteiger charge is 2.10. The average Bonchev–Trinajstić information content (AvgIpc) is 2.47. The first kappa shape index (κ1) is 14.3. The molecule has 0 saturated carbocycles. The molecule has 0 fully saturated rings. The summed E-state index contributed by atoms with van der Waals surface area (Å²) in [5.41, 5.74) is 1.98. The minimum Gasteiger partial charge on any atom is -0.322 e. The van der Waals surface area contributed by atoms with Crippen molar-refractivity contribution in [1.29, 1.82) is 0 Å². The van der Waals surface area contributed by atoms with Crippen LogP contribution in [0.25, 0.3) is 0 Å². The van der Waals surface area contributed by atoms with Gasteiger partial charge in [0.15, 0.2) is 0 Å². The van der Waals surface area contributed by atoms with Gasteiger partial charge in [-0.1, -0.05) is 37.6 Å². The lowest BCUT2D eigenvalue weighted by atomic mass is 10.1. The van der Waals surface area contributed by atoms with Crippen LogP contribution in [0, 0.1) is 5.82 Å². The maximum atomic E-state index is 13.5. The molecule has 0 aliphatic heterocycles. The van der Waals surface area contributed by atoms with Crippen molar-refractivity contribution in [2.75, 3.05) is 5.32 Å². The largest absolute Gasteiger partial charge is 0.322 e. The van der Waals surface area contributed by atoms with E-state index in [4.69, 9.17) is 0 Å². The fraction of sp³-hybridized carbons (Fsp3) is 0.235. The van der Waals surface area contributed by atoms with Crippen molar-refractivity contribution >= 4 is 11.6 Å². The van der Waals surface area contributed by atoms with E-state index < -0.39 is 11.7 Å². The summed E-state index contributed by atoms with van der Waals surface area (Å²) in [6, 6.07) is 13.6. The fourth-order valence-corrected chi connectivity index (χ4v) is 1.98. The third-order valence-electron chi connectivity index (χ3n) is 3.15. The number of halogens is 1. The number of carbonyl (C=O) groups is 1. The van der Waals surface area contributed by atoms with Crippen LogP contribution < -0.4 is 5.32 Å². The zero-order valence-corrected chi connectivity index (χ0v) is 11.5. The van der Waals surface area contributed by atoms with Gasteiger partial charge >= 0.3 is 0 Å². The van der Waals surface area contributed by atoms with Crippen LogP contribution in [-0.4, -0.2) is 5.91 Å². The van der Waals surface area contributed by atoms with E-state index in [9.17, 15) is 9.18 Å². The highest BCUT2D eigenvalue weighted by Crippen LogP contribution is 2.14. The van der Waals surface area contributed by atoms with Crippen molar-refractivity contribution < 1.29 is 9.18 Å². The molecule has 2 aromatic carbocycles. The van der Waals surface area contributed by atoms with Crippen LogP contribution in [-0.2, 0) is 6.42 Å². The lowest BCUT2D eigenvalue weighted by molar-refractivity contribution is 0.102. The normalized spacial score (nSPS) is 10.3. The molecular formula is C17H18FNO. The Kier molecular flexibility index (Phi) is 4.88.